The largest absolute Gasteiger partial charge is 0.495 e. The summed E-state index contributed by atoms with van der Waals surface area (Å²) >= 11 is 0. The van der Waals surface area contributed by atoms with E-state index in [1.54, 1.807) is 12.1 Å². The Hall–Kier alpha value is -1.76. The van der Waals surface area contributed by atoms with Crippen molar-refractivity contribution in [1.29, 1.82) is 0 Å². The Morgan fingerprint density at radius 3 is 2.57 bits per heavy atom. The van der Waals surface area contributed by atoms with Gasteiger partial charge in [0.2, 0.25) is 15.9 Å². The first-order valence-corrected chi connectivity index (χ1v) is 9.58. The molecule has 0 heterocycles. The molecule has 0 aromatic heterocycles. The van der Waals surface area contributed by atoms with Crippen molar-refractivity contribution in [3.8, 4) is 5.75 Å². The summed E-state index contributed by atoms with van der Waals surface area (Å²) in [5.74, 6) is 0.139. The third-order valence-corrected chi connectivity index (χ3v) is 5.14. The molecule has 23 heavy (non-hydrogen) atoms. The van der Waals surface area contributed by atoms with Gasteiger partial charge in [0, 0.05) is 6.04 Å². The molecule has 0 atom stereocenters. The number of methoxy groups -OCH3 is 1. The summed E-state index contributed by atoms with van der Waals surface area (Å²) in [5.41, 5.74) is 1.28. The third-order valence-electron chi connectivity index (χ3n) is 4.01. The minimum Gasteiger partial charge on any atom is -0.495 e. The van der Waals surface area contributed by atoms with E-state index in [2.05, 4.69) is 5.32 Å². The van der Waals surface area contributed by atoms with Crippen LogP contribution in [0.15, 0.2) is 18.2 Å². The van der Waals surface area contributed by atoms with Crippen LogP contribution in [0.4, 0.5) is 5.69 Å². The van der Waals surface area contributed by atoms with Crippen molar-refractivity contribution in [2.75, 3.05) is 24.2 Å². The van der Waals surface area contributed by atoms with Crippen molar-refractivity contribution in [1.82, 2.24) is 5.32 Å². The minimum absolute atomic E-state index is 0.156. The summed E-state index contributed by atoms with van der Waals surface area (Å²) in [4.78, 5) is 12.3. The van der Waals surface area contributed by atoms with Gasteiger partial charge >= 0.3 is 0 Å². The fraction of sp³-hybridized carbons (Fsp3) is 0.562. The lowest BCUT2D eigenvalue weighted by Gasteiger charge is -2.25. The molecule has 0 spiro atoms. The van der Waals surface area contributed by atoms with Gasteiger partial charge in [-0.1, -0.05) is 18.9 Å². The normalized spacial score (nSPS) is 15.4. The fourth-order valence-corrected chi connectivity index (χ4v) is 3.70. The van der Waals surface area contributed by atoms with Crippen LogP contribution in [-0.4, -0.2) is 40.3 Å². The van der Waals surface area contributed by atoms with Gasteiger partial charge in [0.25, 0.3) is 0 Å². The smallest absolute Gasteiger partial charge is 0.240 e. The van der Waals surface area contributed by atoms with E-state index in [9.17, 15) is 13.2 Å². The van der Waals surface area contributed by atoms with Crippen LogP contribution in [0.2, 0.25) is 0 Å². The predicted molar refractivity (Wildman–Crippen MR) is 90.3 cm³/mol. The zero-order valence-corrected chi connectivity index (χ0v) is 14.6. The van der Waals surface area contributed by atoms with Crippen LogP contribution in [0.3, 0.4) is 0 Å². The number of hydrogen-bond acceptors (Lipinski definition) is 4. The van der Waals surface area contributed by atoms with Crippen LogP contribution < -0.4 is 14.4 Å². The van der Waals surface area contributed by atoms with E-state index in [1.165, 1.54) is 7.11 Å². The average Bonchev–Trinajstić information content (AvgIpc) is 2.96. The van der Waals surface area contributed by atoms with Gasteiger partial charge in [-0.05, 0) is 37.5 Å². The van der Waals surface area contributed by atoms with Crippen molar-refractivity contribution >= 4 is 21.6 Å². The Morgan fingerprint density at radius 2 is 2.00 bits per heavy atom. The number of rotatable bonds is 6. The second kappa shape index (κ2) is 7.21. The van der Waals surface area contributed by atoms with E-state index in [1.807, 2.05) is 13.0 Å². The maximum absolute atomic E-state index is 12.3. The van der Waals surface area contributed by atoms with Gasteiger partial charge in [0.15, 0.2) is 0 Å². The SMILES string of the molecule is COc1ccc(C)cc1N(CC(=O)NC1CCCC1)S(C)(=O)=O. The number of carbonyl (C=O) groups excluding carboxylic acids is 1. The summed E-state index contributed by atoms with van der Waals surface area (Å²) in [5, 5.41) is 2.92. The fourth-order valence-electron chi connectivity index (χ4n) is 2.85. The van der Waals surface area contributed by atoms with E-state index in [0.717, 1.165) is 41.8 Å². The van der Waals surface area contributed by atoms with Crippen LogP contribution in [0.1, 0.15) is 31.2 Å². The van der Waals surface area contributed by atoms with Crippen LogP contribution in [-0.2, 0) is 14.8 Å². The van der Waals surface area contributed by atoms with Gasteiger partial charge in [-0.25, -0.2) is 8.42 Å². The topological polar surface area (TPSA) is 75.7 Å². The number of amides is 1. The van der Waals surface area contributed by atoms with Crippen LogP contribution in [0.5, 0.6) is 5.75 Å². The monoisotopic (exact) mass is 340 g/mol. The molecule has 0 unspecified atom stereocenters. The Labute approximate surface area is 137 Å². The van der Waals surface area contributed by atoms with E-state index >= 15 is 0 Å². The molecule has 0 saturated heterocycles. The summed E-state index contributed by atoms with van der Waals surface area (Å²) in [6, 6.07) is 5.41. The summed E-state index contributed by atoms with van der Waals surface area (Å²) in [7, 11) is -2.12. The number of ether oxygens (including phenoxy) is 1. The van der Waals surface area contributed by atoms with E-state index in [0.29, 0.717) is 11.4 Å². The van der Waals surface area contributed by atoms with Gasteiger partial charge < -0.3 is 10.1 Å². The quantitative estimate of drug-likeness (QED) is 0.857. The number of aryl methyl sites for hydroxylation is 1. The highest BCUT2D eigenvalue weighted by atomic mass is 32.2. The molecular formula is C16H24N2O4S. The maximum atomic E-state index is 12.3. The van der Waals surface area contributed by atoms with Crippen molar-refractivity contribution < 1.29 is 17.9 Å². The molecule has 1 aliphatic rings. The highest BCUT2D eigenvalue weighted by Crippen LogP contribution is 2.30. The highest BCUT2D eigenvalue weighted by Gasteiger charge is 2.25. The Balaban J connectivity index is 2.24. The molecule has 1 saturated carbocycles. The molecule has 1 fully saturated rings. The second-order valence-corrected chi connectivity index (χ2v) is 7.90. The first-order chi connectivity index (χ1) is 10.8. The molecule has 0 bridgehead atoms. The molecule has 1 aromatic carbocycles. The van der Waals surface area contributed by atoms with Crippen molar-refractivity contribution in [3.05, 3.63) is 23.8 Å². The van der Waals surface area contributed by atoms with Gasteiger partial charge in [-0.15, -0.1) is 0 Å². The number of nitrogens with one attached hydrogen (secondary N) is 1. The van der Waals surface area contributed by atoms with Crippen molar-refractivity contribution in [3.63, 3.8) is 0 Å². The number of hydrogen-bond donors (Lipinski definition) is 1. The number of benzene rings is 1. The predicted octanol–water partition coefficient (Wildman–Crippen LogP) is 1.83. The van der Waals surface area contributed by atoms with Gasteiger partial charge in [-0.2, -0.15) is 0 Å². The molecule has 128 valence electrons. The lowest BCUT2D eigenvalue weighted by molar-refractivity contribution is -0.120. The molecular weight excluding hydrogens is 316 g/mol. The Bertz CT molecular complexity index is 667. The van der Waals surface area contributed by atoms with Crippen molar-refractivity contribution in [2.45, 2.75) is 38.6 Å². The molecule has 6 nitrogen and oxygen atoms in total. The van der Waals surface area contributed by atoms with Gasteiger partial charge in [0.05, 0.1) is 19.1 Å². The van der Waals surface area contributed by atoms with Gasteiger partial charge in [-0.3, -0.25) is 9.10 Å². The first-order valence-electron chi connectivity index (χ1n) is 7.73. The van der Waals surface area contributed by atoms with Crippen LogP contribution >= 0.6 is 0 Å². The second-order valence-electron chi connectivity index (χ2n) is 5.99. The summed E-state index contributed by atoms with van der Waals surface area (Å²) < 4.78 is 30.7. The zero-order chi connectivity index (χ0) is 17.0. The first kappa shape index (κ1) is 17.6. The summed E-state index contributed by atoms with van der Waals surface area (Å²) in [6.07, 6.45) is 5.22. The van der Waals surface area contributed by atoms with Gasteiger partial charge in [0.1, 0.15) is 12.3 Å². The lowest BCUT2D eigenvalue weighted by atomic mass is 10.2. The molecule has 2 rings (SSSR count). The molecule has 1 amide bonds. The molecule has 1 aliphatic carbocycles. The van der Waals surface area contributed by atoms with E-state index in [4.69, 9.17) is 4.74 Å². The number of anilines is 1. The van der Waals surface area contributed by atoms with Crippen molar-refractivity contribution in [2.24, 2.45) is 0 Å². The number of sulfonamides is 1. The molecule has 0 radical (unpaired) electrons. The highest BCUT2D eigenvalue weighted by molar-refractivity contribution is 7.92. The number of carbonyl (C=O) groups is 1. The zero-order valence-electron chi connectivity index (χ0n) is 13.8. The molecule has 1 aromatic rings. The van der Waals surface area contributed by atoms with Crippen LogP contribution in [0.25, 0.3) is 0 Å². The Kier molecular flexibility index (Phi) is 5.51. The molecule has 7 heteroatoms. The minimum atomic E-state index is -3.60. The standard InChI is InChI=1S/C16H24N2O4S/c1-12-8-9-15(22-2)14(10-12)18(23(3,20)21)11-16(19)17-13-6-4-5-7-13/h8-10,13H,4-7,11H2,1-3H3,(H,17,19). The summed E-state index contributed by atoms with van der Waals surface area (Å²) in [6.45, 7) is 1.62. The molecule has 1 N–H and O–H groups in total. The third kappa shape index (κ3) is 4.60. The average molecular weight is 340 g/mol. The maximum Gasteiger partial charge on any atom is 0.240 e. The number of nitrogens with zero attached hydrogens (tertiary/aromatic N) is 1. The van der Waals surface area contributed by atoms with E-state index in [-0.39, 0.29) is 18.5 Å². The Morgan fingerprint density at radius 1 is 1.35 bits per heavy atom. The van der Waals surface area contributed by atoms with E-state index < -0.39 is 10.0 Å². The molecule has 0 aliphatic heterocycles. The lowest BCUT2D eigenvalue weighted by Crippen LogP contribution is -2.43. The van der Waals surface area contributed by atoms with Crippen LogP contribution in [0, 0.1) is 6.92 Å².